The lowest BCUT2D eigenvalue weighted by molar-refractivity contribution is 0.561. The van der Waals surface area contributed by atoms with Crippen LogP contribution in [0.3, 0.4) is 0 Å². The molecule has 13 heavy (non-hydrogen) atoms. The smallest absolute Gasteiger partial charge is 0.192 e. The van der Waals surface area contributed by atoms with Gasteiger partial charge in [0.25, 0.3) is 0 Å². The molecule has 2 aromatic rings. The van der Waals surface area contributed by atoms with Crippen molar-refractivity contribution in [2.75, 3.05) is 0 Å². The summed E-state index contributed by atoms with van der Waals surface area (Å²) < 4.78 is 5.31. The number of oxazole rings is 1. The molecule has 0 saturated heterocycles. The minimum atomic E-state index is 0.377. The number of thiocarbonyl (C=S) groups is 1. The van der Waals surface area contributed by atoms with Crippen LogP contribution in [-0.4, -0.2) is 9.97 Å². The van der Waals surface area contributed by atoms with E-state index >= 15 is 0 Å². The average molecular weight is 192 g/mol. The molecule has 1 aromatic carbocycles. The van der Waals surface area contributed by atoms with Crippen molar-refractivity contribution in [1.29, 1.82) is 0 Å². The number of fused-ring (bicyclic) bond motifs is 1. The Balaban J connectivity index is 2.67. The van der Waals surface area contributed by atoms with Crippen molar-refractivity contribution in [3.05, 3.63) is 29.7 Å². The zero-order valence-corrected chi connectivity index (χ0v) is 7.89. The molecule has 0 bridgehead atoms. The Morgan fingerprint density at radius 2 is 2.31 bits per heavy atom. The van der Waals surface area contributed by atoms with Gasteiger partial charge in [-0.2, -0.15) is 0 Å². The molecular formula is C9H8N2OS. The monoisotopic (exact) mass is 192 g/mol. The van der Waals surface area contributed by atoms with Crippen molar-refractivity contribution >= 4 is 28.3 Å². The van der Waals surface area contributed by atoms with Gasteiger partial charge in [0, 0.05) is 12.5 Å². The van der Waals surface area contributed by atoms with Crippen molar-refractivity contribution in [2.24, 2.45) is 5.73 Å². The molecule has 0 aliphatic rings. The molecule has 66 valence electrons. The lowest BCUT2D eigenvalue weighted by atomic mass is 10.2. The van der Waals surface area contributed by atoms with E-state index in [4.69, 9.17) is 22.4 Å². The molecule has 2 N–H and O–H groups in total. The molecule has 0 unspecified atom stereocenters. The highest BCUT2D eigenvalue weighted by Gasteiger charge is 2.03. The highest BCUT2D eigenvalue weighted by Crippen LogP contribution is 2.16. The van der Waals surface area contributed by atoms with E-state index in [1.54, 1.807) is 6.92 Å². The van der Waals surface area contributed by atoms with Gasteiger partial charge in [0.05, 0.1) is 0 Å². The quantitative estimate of drug-likeness (QED) is 0.699. The van der Waals surface area contributed by atoms with Crippen LogP contribution in [0.25, 0.3) is 11.1 Å². The highest BCUT2D eigenvalue weighted by atomic mass is 32.1. The van der Waals surface area contributed by atoms with Crippen LogP contribution in [0.2, 0.25) is 0 Å². The van der Waals surface area contributed by atoms with Crippen molar-refractivity contribution in [3.8, 4) is 0 Å². The molecule has 0 aliphatic carbocycles. The van der Waals surface area contributed by atoms with Crippen LogP contribution >= 0.6 is 12.2 Å². The zero-order chi connectivity index (χ0) is 9.42. The number of rotatable bonds is 1. The Labute approximate surface area is 80.6 Å². The van der Waals surface area contributed by atoms with Crippen LogP contribution in [0.5, 0.6) is 0 Å². The van der Waals surface area contributed by atoms with Gasteiger partial charge in [-0.05, 0) is 18.2 Å². The number of aryl methyl sites for hydroxylation is 1. The maximum Gasteiger partial charge on any atom is 0.192 e. The summed E-state index contributed by atoms with van der Waals surface area (Å²) in [7, 11) is 0. The van der Waals surface area contributed by atoms with E-state index in [1.807, 2.05) is 18.2 Å². The lowest BCUT2D eigenvalue weighted by Gasteiger charge is -1.94. The fraction of sp³-hybridized carbons (Fsp3) is 0.111. The van der Waals surface area contributed by atoms with Gasteiger partial charge in [0.1, 0.15) is 10.5 Å². The Morgan fingerprint density at radius 1 is 1.54 bits per heavy atom. The van der Waals surface area contributed by atoms with E-state index in [0.717, 1.165) is 16.7 Å². The third-order valence-corrected chi connectivity index (χ3v) is 2.01. The molecule has 0 amide bonds. The molecule has 3 nitrogen and oxygen atoms in total. The number of hydrogen-bond acceptors (Lipinski definition) is 3. The van der Waals surface area contributed by atoms with Crippen LogP contribution in [-0.2, 0) is 0 Å². The first kappa shape index (κ1) is 8.19. The molecule has 0 atom stereocenters. The molecule has 0 saturated carbocycles. The molecule has 4 heteroatoms. The summed E-state index contributed by atoms with van der Waals surface area (Å²) in [5, 5.41) is 0. The fourth-order valence-corrected chi connectivity index (χ4v) is 1.32. The number of hydrogen-bond donors (Lipinski definition) is 1. The summed E-state index contributed by atoms with van der Waals surface area (Å²) in [6, 6.07) is 5.48. The second-order valence-electron chi connectivity index (χ2n) is 2.78. The third-order valence-electron chi connectivity index (χ3n) is 1.78. The molecule has 1 heterocycles. The fourth-order valence-electron chi connectivity index (χ4n) is 1.20. The van der Waals surface area contributed by atoms with E-state index in [9.17, 15) is 0 Å². The molecule has 0 radical (unpaired) electrons. The Morgan fingerprint density at radius 3 is 3.00 bits per heavy atom. The van der Waals surface area contributed by atoms with Crippen LogP contribution in [0.15, 0.2) is 22.6 Å². The second kappa shape index (κ2) is 2.81. The van der Waals surface area contributed by atoms with Gasteiger partial charge in [-0.1, -0.05) is 12.2 Å². The third kappa shape index (κ3) is 1.40. The van der Waals surface area contributed by atoms with Gasteiger partial charge in [-0.15, -0.1) is 0 Å². The van der Waals surface area contributed by atoms with Gasteiger partial charge in [0.2, 0.25) is 0 Å². The minimum Gasteiger partial charge on any atom is -0.441 e. The predicted molar refractivity (Wildman–Crippen MR) is 54.6 cm³/mol. The van der Waals surface area contributed by atoms with E-state index in [0.29, 0.717) is 10.9 Å². The number of nitrogens with two attached hydrogens (primary N) is 1. The molecular weight excluding hydrogens is 184 g/mol. The minimum absolute atomic E-state index is 0.377. The first-order chi connectivity index (χ1) is 6.16. The average Bonchev–Trinajstić information content (AvgIpc) is 2.42. The number of aromatic nitrogens is 1. The standard InChI is InChI=1S/C9H8N2OS/c1-5-11-7-4-6(9(10)13)2-3-8(7)12-5/h2-4H,1H3,(H2,10,13). The second-order valence-corrected chi connectivity index (χ2v) is 3.22. The van der Waals surface area contributed by atoms with Crippen LogP contribution in [0, 0.1) is 6.92 Å². The Bertz CT molecular complexity index is 475. The maximum absolute atomic E-state index is 5.48. The molecule has 0 fully saturated rings. The van der Waals surface area contributed by atoms with Gasteiger partial charge < -0.3 is 10.2 Å². The normalized spacial score (nSPS) is 10.5. The predicted octanol–water partition coefficient (Wildman–Crippen LogP) is 1.77. The zero-order valence-electron chi connectivity index (χ0n) is 7.07. The van der Waals surface area contributed by atoms with Crippen LogP contribution in [0.1, 0.15) is 11.5 Å². The van der Waals surface area contributed by atoms with Crippen LogP contribution < -0.4 is 5.73 Å². The van der Waals surface area contributed by atoms with Crippen molar-refractivity contribution in [3.63, 3.8) is 0 Å². The lowest BCUT2D eigenvalue weighted by Crippen LogP contribution is -2.08. The Kier molecular flexibility index (Phi) is 1.77. The molecule has 2 rings (SSSR count). The summed E-state index contributed by atoms with van der Waals surface area (Å²) in [6.45, 7) is 1.81. The van der Waals surface area contributed by atoms with Crippen molar-refractivity contribution in [1.82, 2.24) is 4.98 Å². The summed E-state index contributed by atoms with van der Waals surface area (Å²) >= 11 is 4.85. The van der Waals surface area contributed by atoms with Gasteiger partial charge in [0.15, 0.2) is 11.5 Å². The van der Waals surface area contributed by atoms with Gasteiger partial charge in [-0.25, -0.2) is 4.98 Å². The maximum atomic E-state index is 5.48. The topological polar surface area (TPSA) is 52.0 Å². The summed E-state index contributed by atoms with van der Waals surface area (Å²) in [6.07, 6.45) is 0. The van der Waals surface area contributed by atoms with E-state index in [2.05, 4.69) is 4.98 Å². The first-order valence-corrected chi connectivity index (χ1v) is 4.24. The van der Waals surface area contributed by atoms with E-state index in [1.165, 1.54) is 0 Å². The summed E-state index contributed by atoms with van der Waals surface area (Å²) in [5.41, 5.74) is 7.86. The van der Waals surface area contributed by atoms with Gasteiger partial charge >= 0.3 is 0 Å². The van der Waals surface area contributed by atoms with Crippen molar-refractivity contribution < 1.29 is 4.42 Å². The van der Waals surface area contributed by atoms with Crippen molar-refractivity contribution in [2.45, 2.75) is 6.92 Å². The molecule has 1 aromatic heterocycles. The summed E-state index contributed by atoms with van der Waals surface area (Å²) in [4.78, 5) is 4.55. The van der Waals surface area contributed by atoms with E-state index < -0.39 is 0 Å². The van der Waals surface area contributed by atoms with Crippen LogP contribution in [0.4, 0.5) is 0 Å². The molecule has 0 aliphatic heterocycles. The number of nitrogens with zero attached hydrogens (tertiary/aromatic N) is 1. The van der Waals surface area contributed by atoms with E-state index in [-0.39, 0.29) is 0 Å². The number of benzene rings is 1. The highest BCUT2D eigenvalue weighted by molar-refractivity contribution is 7.80. The summed E-state index contributed by atoms with van der Waals surface area (Å²) in [5.74, 6) is 0.648. The molecule has 0 spiro atoms. The van der Waals surface area contributed by atoms with Gasteiger partial charge in [-0.3, -0.25) is 0 Å². The SMILES string of the molecule is Cc1nc2cc(C(N)=S)ccc2o1. The largest absolute Gasteiger partial charge is 0.441 e. The first-order valence-electron chi connectivity index (χ1n) is 3.84. The Hall–Kier alpha value is -1.42.